The van der Waals surface area contributed by atoms with Crippen LogP contribution in [0, 0.1) is 11.6 Å². The Bertz CT molecular complexity index is 650. The molecular formula is C14H13F2NO4S. The van der Waals surface area contributed by atoms with E-state index in [1.165, 1.54) is 11.8 Å². The Kier molecular flexibility index (Phi) is 4.80. The molecule has 1 heterocycles. The van der Waals surface area contributed by atoms with Crippen LogP contribution >= 0.6 is 11.8 Å². The largest absolute Gasteiger partial charge is 0.465 e. The lowest BCUT2D eigenvalue weighted by Gasteiger charge is -2.19. The summed E-state index contributed by atoms with van der Waals surface area (Å²) in [6.07, 6.45) is 0.0872. The van der Waals surface area contributed by atoms with Crippen LogP contribution in [0.4, 0.5) is 14.5 Å². The fourth-order valence-electron chi connectivity index (χ4n) is 2.25. The lowest BCUT2D eigenvalue weighted by Crippen LogP contribution is -2.27. The molecule has 22 heavy (non-hydrogen) atoms. The summed E-state index contributed by atoms with van der Waals surface area (Å²) >= 11 is 1.01. The van der Waals surface area contributed by atoms with Crippen LogP contribution in [0.5, 0.6) is 0 Å². The minimum absolute atomic E-state index is 0.0533. The molecule has 0 bridgehead atoms. The molecule has 5 nitrogen and oxygen atoms in total. The number of hydrogen-bond donors (Lipinski definition) is 0. The van der Waals surface area contributed by atoms with Gasteiger partial charge < -0.3 is 9.64 Å². The molecule has 0 saturated carbocycles. The number of hydrogen-bond acceptors (Lipinski definition) is 5. The number of esters is 1. The Morgan fingerprint density at radius 1 is 1.32 bits per heavy atom. The van der Waals surface area contributed by atoms with E-state index in [9.17, 15) is 23.2 Å². The number of carbonyl (C=O) groups is 3. The summed E-state index contributed by atoms with van der Waals surface area (Å²) in [5, 5.41) is -0.429. The summed E-state index contributed by atoms with van der Waals surface area (Å²) in [5.74, 6) is -3.61. The van der Waals surface area contributed by atoms with Crippen LogP contribution in [0.25, 0.3) is 0 Å². The van der Waals surface area contributed by atoms with Gasteiger partial charge in [0.15, 0.2) is 16.7 Å². The molecule has 2 rings (SSSR count). The molecule has 1 aliphatic heterocycles. The van der Waals surface area contributed by atoms with Crippen molar-refractivity contribution in [1.29, 1.82) is 0 Å². The van der Waals surface area contributed by atoms with E-state index in [2.05, 4.69) is 4.74 Å². The topological polar surface area (TPSA) is 63.7 Å². The second-order valence-electron chi connectivity index (χ2n) is 4.71. The molecule has 1 aromatic carbocycles. The first-order chi connectivity index (χ1) is 10.3. The average Bonchev–Trinajstić information content (AvgIpc) is 2.80. The molecule has 8 heteroatoms. The van der Waals surface area contributed by atoms with Crippen LogP contribution in [-0.2, 0) is 14.3 Å². The van der Waals surface area contributed by atoms with E-state index in [-0.39, 0.29) is 40.5 Å². The lowest BCUT2D eigenvalue weighted by molar-refractivity contribution is -0.117. The molecular weight excluding hydrogens is 316 g/mol. The molecule has 1 unspecified atom stereocenters. The fourth-order valence-corrected chi connectivity index (χ4v) is 3.17. The number of rotatable bonds is 3. The maximum absolute atomic E-state index is 13.5. The molecule has 1 saturated heterocycles. The van der Waals surface area contributed by atoms with Crippen molar-refractivity contribution in [3.8, 4) is 0 Å². The first-order valence-electron chi connectivity index (χ1n) is 6.38. The van der Waals surface area contributed by atoms with E-state index in [0.29, 0.717) is 6.07 Å². The first kappa shape index (κ1) is 16.4. The Labute approximate surface area is 129 Å². The van der Waals surface area contributed by atoms with E-state index < -0.39 is 17.6 Å². The summed E-state index contributed by atoms with van der Waals surface area (Å²) in [6.45, 7) is 1.52. The minimum Gasteiger partial charge on any atom is -0.465 e. The summed E-state index contributed by atoms with van der Waals surface area (Å²) in [7, 11) is 1.10. The van der Waals surface area contributed by atoms with Gasteiger partial charge in [-0.2, -0.15) is 0 Å². The maximum atomic E-state index is 13.5. The molecule has 0 N–H and O–H groups in total. The van der Waals surface area contributed by atoms with Crippen molar-refractivity contribution < 1.29 is 27.9 Å². The van der Waals surface area contributed by atoms with Crippen LogP contribution < -0.4 is 4.90 Å². The smallest absolute Gasteiger partial charge is 0.340 e. The predicted octanol–water partition coefficient (Wildman–Crippen LogP) is 2.14. The van der Waals surface area contributed by atoms with Gasteiger partial charge in [0.05, 0.1) is 18.4 Å². The van der Waals surface area contributed by atoms with Gasteiger partial charge in [-0.15, -0.1) is 0 Å². The van der Waals surface area contributed by atoms with Gasteiger partial charge in [-0.3, -0.25) is 9.59 Å². The van der Waals surface area contributed by atoms with E-state index in [4.69, 9.17) is 0 Å². The number of benzene rings is 1. The molecule has 1 aliphatic rings. The third-order valence-corrected chi connectivity index (χ3v) is 4.14. The van der Waals surface area contributed by atoms with E-state index in [1.54, 1.807) is 0 Å². The zero-order valence-corrected chi connectivity index (χ0v) is 12.7. The molecule has 0 radical (unpaired) electrons. The van der Waals surface area contributed by atoms with Gasteiger partial charge in [-0.25, -0.2) is 13.6 Å². The first-order valence-corrected chi connectivity index (χ1v) is 7.26. The fraction of sp³-hybridized carbons (Fsp3) is 0.357. The van der Waals surface area contributed by atoms with Gasteiger partial charge in [0.2, 0.25) is 5.91 Å². The number of thioether (sulfide) groups is 1. The highest BCUT2D eigenvalue weighted by Gasteiger charge is 2.34. The SMILES string of the molecule is COC(=O)c1cc(F)c(F)cc1N1CC(SC(C)=O)CC1=O. The highest BCUT2D eigenvalue weighted by Crippen LogP contribution is 2.32. The summed E-state index contributed by atoms with van der Waals surface area (Å²) in [5.41, 5.74) is -0.286. The molecule has 0 spiro atoms. The predicted molar refractivity (Wildman–Crippen MR) is 76.7 cm³/mol. The molecule has 1 atom stereocenters. The van der Waals surface area contributed by atoms with Crippen molar-refractivity contribution >= 4 is 34.4 Å². The zero-order valence-electron chi connectivity index (χ0n) is 11.9. The van der Waals surface area contributed by atoms with Crippen molar-refractivity contribution in [3.05, 3.63) is 29.3 Å². The maximum Gasteiger partial charge on any atom is 0.340 e. The van der Waals surface area contributed by atoms with Crippen molar-refractivity contribution in [1.82, 2.24) is 0 Å². The van der Waals surface area contributed by atoms with Gasteiger partial charge in [0, 0.05) is 31.2 Å². The van der Waals surface area contributed by atoms with Crippen molar-refractivity contribution in [3.63, 3.8) is 0 Å². The normalized spacial score (nSPS) is 17.7. The van der Waals surface area contributed by atoms with Crippen LogP contribution in [0.15, 0.2) is 12.1 Å². The summed E-state index contributed by atoms with van der Waals surface area (Å²) in [6, 6.07) is 1.50. The van der Waals surface area contributed by atoms with Gasteiger partial charge >= 0.3 is 5.97 Å². The molecule has 0 aromatic heterocycles. The summed E-state index contributed by atoms with van der Waals surface area (Å²) < 4.78 is 31.4. The number of carbonyl (C=O) groups excluding carboxylic acids is 3. The number of amides is 1. The third kappa shape index (κ3) is 3.27. The molecule has 1 amide bonds. The standard InChI is InChI=1S/C14H13F2NO4S/c1-7(18)22-8-3-13(19)17(6-8)12-5-11(16)10(15)4-9(12)14(20)21-2/h4-5,8H,3,6H2,1-2H3. The minimum atomic E-state index is -1.20. The average molecular weight is 329 g/mol. The molecule has 1 fully saturated rings. The summed E-state index contributed by atoms with van der Waals surface area (Å²) in [4.78, 5) is 36.1. The Hall–Kier alpha value is -1.96. The third-order valence-electron chi connectivity index (χ3n) is 3.16. The van der Waals surface area contributed by atoms with E-state index >= 15 is 0 Å². The number of nitrogens with zero attached hydrogens (tertiary/aromatic N) is 1. The van der Waals surface area contributed by atoms with Crippen LogP contribution in [0.3, 0.4) is 0 Å². The van der Waals surface area contributed by atoms with Crippen LogP contribution in [0.2, 0.25) is 0 Å². The zero-order chi connectivity index (χ0) is 16.4. The van der Waals surface area contributed by atoms with Gasteiger partial charge in [-0.1, -0.05) is 11.8 Å². The molecule has 0 aliphatic carbocycles. The van der Waals surface area contributed by atoms with E-state index in [0.717, 1.165) is 24.9 Å². The number of halogens is 2. The van der Waals surface area contributed by atoms with Crippen LogP contribution in [0.1, 0.15) is 23.7 Å². The van der Waals surface area contributed by atoms with Gasteiger partial charge in [-0.05, 0) is 6.07 Å². The van der Waals surface area contributed by atoms with Crippen molar-refractivity contribution in [2.75, 3.05) is 18.6 Å². The highest BCUT2D eigenvalue weighted by atomic mass is 32.2. The molecule has 1 aromatic rings. The Morgan fingerprint density at radius 2 is 1.95 bits per heavy atom. The van der Waals surface area contributed by atoms with Crippen molar-refractivity contribution in [2.24, 2.45) is 0 Å². The van der Waals surface area contributed by atoms with Crippen LogP contribution in [-0.4, -0.2) is 35.9 Å². The Morgan fingerprint density at radius 3 is 2.55 bits per heavy atom. The highest BCUT2D eigenvalue weighted by molar-refractivity contribution is 8.14. The quantitative estimate of drug-likeness (QED) is 0.795. The number of ether oxygens (including phenoxy) is 1. The molecule has 118 valence electrons. The number of methoxy groups -OCH3 is 1. The van der Waals surface area contributed by atoms with Gasteiger partial charge in [0.25, 0.3) is 0 Å². The number of anilines is 1. The monoisotopic (exact) mass is 329 g/mol. The van der Waals surface area contributed by atoms with Gasteiger partial charge in [0.1, 0.15) is 0 Å². The lowest BCUT2D eigenvalue weighted by atomic mass is 10.1. The second-order valence-corrected chi connectivity index (χ2v) is 6.19. The van der Waals surface area contributed by atoms with E-state index in [1.807, 2.05) is 0 Å². The second kappa shape index (κ2) is 6.43. The van der Waals surface area contributed by atoms with Crippen molar-refractivity contribution in [2.45, 2.75) is 18.6 Å². The Balaban J connectivity index is 2.39.